The van der Waals surface area contributed by atoms with Gasteiger partial charge in [-0.25, -0.2) is 0 Å². The van der Waals surface area contributed by atoms with Crippen molar-refractivity contribution in [3.05, 3.63) is 34.9 Å². The minimum atomic E-state index is -1.03. The summed E-state index contributed by atoms with van der Waals surface area (Å²) in [6.07, 6.45) is 2.84. The minimum Gasteiger partial charge on any atom is -0.465 e. The molecule has 1 saturated carbocycles. The van der Waals surface area contributed by atoms with Gasteiger partial charge in [-0.3, -0.25) is 9.59 Å². The van der Waals surface area contributed by atoms with Crippen LogP contribution in [0.25, 0.3) is 0 Å². The zero-order chi connectivity index (χ0) is 13.9. The molecule has 0 N–H and O–H groups in total. The summed E-state index contributed by atoms with van der Waals surface area (Å²) < 4.78 is 5.11. The lowest BCUT2D eigenvalue weighted by molar-refractivity contribution is -0.152. The van der Waals surface area contributed by atoms with E-state index in [2.05, 4.69) is 0 Å². The summed E-state index contributed by atoms with van der Waals surface area (Å²) in [5, 5.41) is 0.392. The quantitative estimate of drug-likeness (QED) is 0.480. The van der Waals surface area contributed by atoms with Crippen LogP contribution in [0.2, 0.25) is 5.02 Å². The third-order valence-corrected chi connectivity index (χ3v) is 4.01. The third-order valence-electron chi connectivity index (χ3n) is 3.68. The Morgan fingerprint density at radius 3 is 2.47 bits per heavy atom. The number of benzene rings is 1. The highest BCUT2D eigenvalue weighted by Gasteiger charge is 2.49. The van der Waals surface area contributed by atoms with Gasteiger partial charge in [0.2, 0.25) is 0 Å². The van der Waals surface area contributed by atoms with Gasteiger partial charge in [0.1, 0.15) is 5.41 Å². The molecule has 0 unspecified atom stereocenters. The third kappa shape index (κ3) is 2.52. The molecule has 1 aliphatic carbocycles. The van der Waals surface area contributed by atoms with Crippen LogP contribution in [0.15, 0.2) is 24.3 Å². The molecule has 0 atom stereocenters. The Bertz CT molecular complexity index is 490. The highest BCUT2D eigenvalue weighted by atomic mass is 35.5. The number of Topliss-reactive ketones (excluding diaryl/α,β-unsaturated/α-hetero) is 1. The Morgan fingerprint density at radius 1 is 1.26 bits per heavy atom. The van der Waals surface area contributed by atoms with E-state index in [1.165, 1.54) is 0 Å². The smallest absolute Gasteiger partial charge is 0.320 e. The predicted octanol–water partition coefficient (Wildman–Crippen LogP) is 3.65. The molecule has 0 amide bonds. The fourth-order valence-corrected chi connectivity index (χ4v) is 2.90. The normalized spacial score (nSPS) is 17.2. The van der Waals surface area contributed by atoms with Crippen LogP contribution in [0.1, 0.15) is 43.0 Å². The van der Waals surface area contributed by atoms with Crippen molar-refractivity contribution in [2.24, 2.45) is 5.41 Å². The van der Waals surface area contributed by atoms with E-state index in [1.54, 1.807) is 31.2 Å². The van der Waals surface area contributed by atoms with Crippen molar-refractivity contribution in [3.63, 3.8) is 0 Å². The number of hydrogen-bond acceptors (Lipinski definition) is 3. The van der Waals surface area contributed by atoms with Gasteiger partial charge in [0, 0.05) is 5.56 Å². The summed E-state index contributed by atoms with van der Waals surface area (Å²) in [5.74, 6) is -0.605. The van der Waals surface area contributed by atoms with Gasteiger partial charge in [-0.1, -0.05) is 36.6 Å². The molecule has 19 heavy (non-hydrogen) atoms. The highest BCUT2D eigenvalue weighted by Crippen LogP contribution is 2.43. The topological polar surface area (TPSA) is 43.4 Å². The van der Waals surface area contributed by atoms with Gasteiger partial charge in [0.15, 0.2) is 5.78 Å². The molecular weight excluding hydrogens is 264 g/mol. The molecule has 0 bridgehead atoms. The van der Waals surface area contributed by atoms with Gasteiger partial charge in [-0.2, -0.15) is 0 Å². The van der Waals surface area contributed by atoms with Gasteiger partial charge < -0.3 is 4.74 Å². The molecule has 4 heteroatoms. The van der Waals surface area contributed by atoms with Gasteiger partial charge >= 0.3 is 5.97 Å². The fraction of sp³-hybridized carbons (Fsp3) is 0.467. The summed E-state index contributed by atoms with van der Waals surface area (Å²) in [6, 6.07) is 6.87. The molecule has 102 valence electrons. The molecule has 1 aromatic carbocycles. The van der Waals surface area contributed by atoms with Gasteiger partial charge in [-0.05, 0) is 31.9 Å². The second kappa shape index (κ2) is 5.74. The maximum Gasteiger partial charge on any atom is 0.320 e. The number of carbonyl (C=O) groups excluding carboxylic acids is 2. The van der Waals surface area contributed by atoms with Crippen LogP contribution in [0.3, 0.4) is 0 Å². The first-order chi connectivity index (χ1) is 9.12. The zero-order valence-electron chi connectivity index (χ0n) is 10.9. The maximum atomic E-state index is 12.7. The number of hydrogen-bond donors (Lipinski definition) is 0. The lowest BCUT2D eigenvalue weighted by Gasteiger charge is -2.25. The van der Waals surface area contributed by atoms with E-state index in [4.69, 9.17) is 16.3 Å². The van der Waals surface area contributed by atoms with Crippen molar-refractivity contribution in [2.45, 2.75) is 32.6 Å². The number of rotatable bonds is 4. The Morgan fingerprint density at radius 2 is 1.89 bits per heavy atom. The first-order valence-corrected chi connectivity index (χ1v) is 6.96. The molecule has 1 aromatic rings. The molecule has 0 aliphatic heterocycles. The summed E-state index contributed by atoms with van der Waals surface area (Å²) in [4.78, 5) is 24.9. The van der Waals surface area contributed by atoms with E-state index in [1.807, 2.05) is 0 Å². The summed E-state index contributed by atoms with van der Waals surface area (Å²) in [7, 11) is 0. The monoisotopic (exact) mass is 280 g/mol. The van der Waals surface area contributed by atoms with Crippen molar-refractivity contribution in [2.75, 3.05) is 6.61 Å². The number of carbonyl (C=O) groups is 2. The Labute approximate surface area is 117 Å². The van der Waals surface area contributed by atoms with Gasteiger partial charge in [0.25, 0.3) is 0 Å². The van der Waals surface area contributed by atoms with Crippen LogP contribution >= 0.6 is 11.6 Å². The van der Waals surface area contributed by atoms with E-state index < -0.39 is 11.4 Å². The van der Waals surface area contributed by atoms with E-state index in [0.717, 1.165) is 12.8 Å². The maximum absolute atomic E-state index is 12.7. The van der Waals surface area contributed by atoms with E-state index >= 15 is 0 Å². The van der Waals surface area contributed by atoms with Crippen LogP contribution in [-0.4, -0.2) is 18.4 Å². The van der Waals surface area contributed by atoms with Crippen molar-refractivity contribution >= 4 is 23.4 Å². The Balaban J connectivity index is 2.37. The van der Waals surface area contributed by atoms with E-state index in [-0.39, 0.29) is 12.4 Å². The zero-order valence-corrected chi connectivity index (χ0v) is 11.7. The van der Waals surface area contributed by atoms with Crippen molar-refractivity contribution < 1.29 is 14.3 Å². The lowest BCUT2D eigenvalue weighted by atomic mass is 9.78. The number of halogens is 1. The number of ketones is 1. The molecule has 1 aliphatic rings. The molecular formula is C15H17ClO3. The molecule has 3 nitrogen and oxygen atoms in total. The number of ether oxygens (including phenoxy) is 1. The second-order valence-corrected chi connectivity index (χ2v) is 5.23. The Hall–Kier alpha value is -1.35. The van der Waals surface area contributed by atoms with Crippen LogP contribution in [0.4, 0.5) is 0 Å². The lowest BCUT2D eigenvalue weighted by Crippen LogP contribution is -2.38. The summed E-state index contributed by atoms with van der Waals surface area (Å²) in [5.41, 5.74) is -0.611. The average molecular weight is 281 g/mol. The van der Waals surface area contributed by atoms with Crippen molar-refractivity contribution in [1.29, 1.82) is 0 Å². The summed E-state index contributed by atoms with van der Waals surface area (Å²) in [6.45, 7) is 2.04. The van der Waals surface area contributed by atoms with Crippen molar-refractivity contribution in [1.82, 2.24) is 0 Å². The van der Waals surface area contributed by atoms with Crippen LogP contribution in [-0.2, 0) is 9.53 Å². The largest absolute Gasteiger partial charge is 0.465 e. The predicted molar refractivity (Wildman–Crippen MR) is 73.3 cm³/mol. The molecule has 1 fully saturated rings. The van der Waals surface area contributed by atoms with E-state index in [9.17, 15) is 9.59 Å². The van der Waals surface area contributed by atoms with Crippen LogP contribution < -0.4 is 0 Å². The van der Waals surface area contributed by atoms with Crippen LogP contribution in [0, 0.1) is 5.41 Å². The fourth-order valence-electron chi connectivity index (χ4n) is 2.67. The SMILES string of the molecule is CCOC(=O)C1(C(=O)c2ccccc2Cl)CCCC1. The molecule has 0 heterocycles. The standard InChI is InChI=1S/C15H17ClO3/c1-2-19-14(18)15(9-5-6-10-15)13(17)11-7-3-4-8-12(11)16/h3-4,7-8H,2,5-6,9-10H2,1H3. The molecule has 0 saturated heterocycles. The highest BCUT2D eigenvalue weighted by molar-refractivity contribution is 6.34. The summed E-state index contributed by atoms with van der Waals surface area (Å²) >= 11 is 6.07. The Kier molecular flexibility index (Phi) is 4.25. The number of esters is 1. The van der Waals surface area contributed by atoms with Crippen LogP contribution in [0.5, 0.6) is 0 Å². The average Bonchev–Trinajstić information content (AvgIpc) is 2.89. The molecule has 0 aromatic heterocycles. The molecule has 0 spiro atoms. The second-order valence-electron chi connectivity index (χ2n) is 4.82. The molecule has 2 rings (SSSR count). The first kappa shape index (κ1) is 14.1. The van der Waals surface area contributed by atoms with Gasteiger partial charge in [0.05, 0.1) is 11.6 Å². The van der Waals surface area contributed by atoms with Crippen molar-refractivity contribution in [3.8, 4) is 0 Å². The van der Waals surface area contributed by atoms with E-state index in [0.29, 0.717) is 23.4 Å². The minimum absolute atomic E-state index is 0.200. The molecule has 0 radical (unpaired) electrons. The first-order valence-electron chi connectivity index (χ1n) is 6.58. The van der Waals surface area contributed by atoms with Gasteiger partial charge in [-0.15, -0.1) is 0 Å².